The Morgan fingerprint density at radius 3 is 2.20 bits per heavy atom. The van der Waals surface area contributed by atoms with Gasteiger partial charge in [-0.2, -0.15) is 13.2 Å². The number of alkyl halides is 3. The topological polar surface area (TPSA) is 37.3 Å². The van der Waals surface area contributed by atoms with Crippen LogP contribution in [-0.4, -0.2) is 32.1 Å². The highest BCUT2D eigenvalue weighted by Crippen LogP contribution is 2.43. The molecule has 0 aromatic carbocycles. The first-order valence-electron chi connectivity index (χ1n) is 5.03. The maximum atomic E-state index is 12.6. The summed E-state index contributed by atoms with van der Waals surface area (Å²) in [5.74, 6) is -1.68. The highest BCUT2D eigenvalue weighted by Gasteiger charge is 2.51. The molecule has 5 atom stereocenters. The van der Waals surface area contributed by atoms with Crippen molar-refractivity contribution in [3.05, 3.63) is 0 Å². The van der Waals surface area contributed by atoms with Gasteiger partial charge >= 0.3 is 6.18 Å². The van der Waals surface area contributed by atoms with Crippen molar-refractivity contribution in [3.8, 4) is 0 Å². The van der Waals surface area contributed by atoms with Gasteiger partial charge in [0.05, 0.1) is 12.0 Å². The second-order valence-corrected chi connectivity index (χ2v) is 6.33. The van der Waals surface area contributed by atoms with E-state index < -0.39 is 29.0 Å². The van der Waals surface area contributed by atoms with Gasteiger partial charge in [-0.1, -0.05) is 0 Å². The van der Waals surface area contributed by atoms with Crippen LogP contribution in [0.25, 0.3) is 0 Å². The highest BCUT2D eigenvalue weighted by atomic mass is 32.2. The van der Waals surface area contributed by atoms with E-state index in [0.29, 0.717) is 12.8 Å². The summed E-state index contributed by atoms with van der Waals surface area (Å²) in [7, 11) is -1.17. The monoisotopic (exact) mass is 242 g/mol. The summed E-state index contributed by atoms with van der Waals surface area (Å²) >= 11 is 0. The predicted molar refractivity (Wildman–Crippen MR) is 49.7 cm³/mol. The number of halogens is 3. The van der Waals surface area contributed by atoms with Gasteiger partial charge in [0.25, 0.3) is 0 Å². The van der Waals surface area contributed by atoms with E-state index in [1.54, 1.807) is 0 Å². The molecule has 2 rings (SSSR count). The standard InChI is InChI=1S/C9H13F3O2S/c10-9(11,12)7-3-5-1-2-6(15(5)14)4-8(7)13/h5-8,13H,1-4H2. The Morgan fingerprint density at radius 2 is 1.67 bits per heavy atom. The SMILES string of the molecule is O=S1C2CCC1CC(C(F)(F)F)C(O)C2. The number of aliphatic hydroxyl groups excluding tert-OH is 1. The average Bonchev–Trinajstić information content (AvgIpc) is 2.33. The summed E-state index contributed by atoms with van der Waals surface area (Å²) in [4.78, 5) is 0. The molecule has 6 heteroatoms. The minimum Gasteiger partial charge on any atom is -0.392 e. The quantitative estimate of drug-likeness (QED) is 0.700. The molecule has 88 valence electrons. The lowest BCUT2D eigenvalue weighted by atomic mass is 9.88. The molecule has 5 unspecified atom stereocenters. The van der Waals surface area contributed by atoms with Crippen molar-refractivity contribution in [2.75, 3.05) is 0 Å². The molecule has 0 amide bonds. The summed E-state index contributed by atoms with van der Waals surface area (Å²) in [6, 6.07) is 0. The third kappa shape index (κ3) is 2.06. The summed E-state index contributed by atoms with van der Waals surface area (Å²) in [6.07, 6.45) is -4.57. The van der Waals surface area contributed by atoms with E-state index in [9.17, 15) is 22.5 Å². The van der Waals surface area contributed by atoms with Crippen LogP contribution in [0.15, 0.2) is 0 Å². The maximum absolute atomic E-state index is 12.6. The number of hydrogen-bond donors (Lipinski definition) is 1. The number of aliphatic hydroxyl groups is 1. The molecule has 2 aliphatic heterocycles. The minimum absolute atomic E-state index is 0.0350. The Kier molecular flexibility index (Phi) is 2.83. The Hall–Kier alpha value is -0.100. The van der Waals surface area contributed by atoms with E-state index in [1.807, 2.05) is 0 Å². The van der Waals surface area contributed by atoms with Crippen molar-refractivity contribution in [2.24, 2.45) is 5.92 Å². The minimum atomic E-state index is -4.37. The van der Waals surface area contributed by atoms with Crippen LogP contribution in [0, 0.1) is 5.92 Å². The molecule has 2 heterocycles. The first kappa shape index (κ1) is 11.4. The van der Waals surface area contributed by atoms with Gasteiger partial charge in [0.1, 0.15) is 0 Å². The van der Waals surface area contributed by atoms with E-state index in [0.717, 1.165) is 0 Å². The number of hydrogen-bond acceptors (Lipinski definition) is 2. The molecule has 0 aromatic rings. The zero-order valence-electron chi connectivity index (χ0n) is 8.04. The Morgan fingerprint density at radius 1 is 1.13 bits per heavy atom. The third-order valence-electron chi connectivity index (χ3n) is 3.37. The van der Waals surface area contributed by atoms with E-state index in [4.69, 9.17) is 0 Å². The van der Waals surface area contributed by atoms with E-state index in [-0.39, 0.29) is 23.3 Å². The lowest BCUT2D eigenvalue weighted by molar-refractivity contribution is -0.202. The second kappa shape index (κ2) is 3.73. The molecular formula is C9H13F3O2S. The van der Waals surface area contributed by atoms with Gasteiger partial charge in [-0.25, -0.2) is 0 Å². The summed E-state index contributed by atoms with van der Waals surface area (Å²) in [5.41, 5.74) is 0. The molecule has 2 saturated heterocycles. The number of fused-ring (bicyclic) bond motifs is 2. The second-order valence-electron chi connectivity index (χ2n) is 4.34. The fraction of sp³-hybridized carbons (Fsp3) is 1.00. The number of rotatable bonds is 0. The van der Waals surface area contributed by atoms with Crippen LogP contribution in [0.5, 0.6) is 0 Å². The molecular weight excluding hydrogens is 229 g/mol. The zero-order valence-corrected chi connectivity index (χ0v) is 8.85. The van der Waals surface area contributed by atoms with Crippen molar-refractivity contribution in [1.29, 1.82) is 0 Å². The van der Waals surface area contributed by atoms with E-state index >= 15 is 0 Å². The zero-order chi connectivity index (χ0) is 11.2. The predicted octanol–water partition coefficient (Wildman–Crippen LogP) is 1.60. The normalized spacial score (nSPS) is 46.5. The average molecular weight is 242 g/mol. The van der Waals surface area contributed by atoms with Crippen LogP contribution < -0.4 is 0 Å². The molecule has 0 aliphatic carbocycles. The summed E-state index contributed by atoms with van der Waals surface area (Å²) < 4.78 is 49.4. The van der Waals surface area contributed by atoms with Crippen LogP contribution in [0.4, 0.5) is 13.2 Å². The summed E-state index contributed by atoms with van der Waals surface area (Å²) in [5, 5.41) is 8.88. The smallest absolute Gasteiger partial charge is 0.392 e. The lowest BCUT2D eigenvalue weighted by Crippen LogP contribution is -2.36. The Labute approximate surface area is 88.3 Å². The fourth-order valence-electron chi connectivity index (χ4n) is 2.53. The van der Waals surface area contributed by atoms with Crippen LogP contribution >= 0.6 is 0 Å². The largest absolute Gasteiger partial charge is 0.394 e. The summed E-state index contributed by atoms with van der Waals surface area (Å²) in [6.45, 7) is 0. The molecule has 2 aliphatic rings. The molecule has 0 aromatic heterocycles. The fourth-order valence-corrected chi connectivity index (χ4v) is 4.59. The van der Waals surface area contributed by atoms with Crippen LogP contribution in [0.1, 0.15) is 25.7 Å². The Balaban J connectivity index is 2.20. The van der Waals surface area contributed by atoms with Gasteiger partial charge in [-0.15, -0.1) is 0 Å². The van der Waals surface area contributed by atoms with Crippen molar-refractivity contribution < 1.29 is 22.5 Å². The van der Waals surface area contributed by atoms with Gasteiger partial charge in [0, 0.05) is 21.3 Å². The van der Waals surface area contributed by atoms with Crippen LogP contribution in [0.2, 0.25) is 0 Å². The van der Waals surface area contributed by atoms with Gasteiger partial charge in [-0.3, -0.25) is 4.21 Å². The molecule has 0 radical (unpaired) electrons. The van der Waals surface area contributed by atoms with Crippen LogP contribution in [0.3, 0.4) is 0 Å². The van der Waals surface area contributed by atoms with E-state index in [1.165, 1.54) is 0 Å². The molecule has 2 nitrogen and oxygen atoms in total. The third-order valence-corrected chi connectivity index (χ3v) is 5.54. The van der Waals surface area contributed by atoms with Gasteiger partial charge < -0.3 is 5.11 Å². The molecule has 2 bridgehead atoms. The first-order valence-corrected chi connectivity index (χ1v) is 6.31. The van der Waals surface area contributed by atoms with Gasteiger partial charge in [0.15, 0.2) is 0 Å². The maximum Gasteiger partial charge on any atom is 0.394 e. The van der Waals surface area contributed by atoms with Crippen molar-refractivity contribution >= 4 is 10.8 Å². The Bertz CT molecular complexity index is 279. The van der Waals surface area contributed by atoms with Crippen LogP contribution in [-0.2, 0) is 10.8 Å². The van der Waals surface area contributed by atoms with Crippen molar-refractivity contribution in [1.82, 2.24) is 0 Å². The van der Waals surface area contributed by atoms with Crippen molar-refractivity contribution in [2.45, 2.75) is 48.5 Å². The highest BCUT2D eigenvalue weighted by molar-refractivity contribution is 7.86. The first-order chi connectivity index (χ1) is 6.89. The molecule has 2 fully saturated rings. The molecule has 0 spiro atoms. The lowest BCUT2D eigenvalue weighted by Gasteiger charge is -2.26. The molecule has 0 saturated carbocycles. The van der Waals surface area contributed by atoms with Gasteiger partial charge in [-0.05, 0) is 25.7 Å². The molecule has 1 N–H and O–H groups in total. The van der Waals surface area contributed by atoms with Crippen molar-refractivity contribution in [3.63, 3.8) is 0 Å². The van der Waals surface area contributed by atoms with E-state index in [2.05, 4.69) is 0 Å². The van der Waals surface area contributed by atoms with Gasteiger partial charge in [0.2, 0.25) is 0 Å². The molecule has 15 heavy (non-hydrogen) atoms.